The number of rotatable bonds is 8. The van der Waals surface area contributed by atoms with E-state index in [2.05, 4.69) is 175 Å². The van der Waals surface area contributed by atoms with Gasteiger partial charge in [0.15, 0.2) is 5.58 Å². The largest absolute Gasteiger partial charge is 0.455 e. The third-order valence-corrected chi connectivity index (χ3v) is 11.1. The lowest BCUT2D eigenvalue weighted by Crippen LogP contribution is -2.10. The van der Waals surface area contributed by atoms with Gasteiger partial charge in [0.05, 0.1) is 5.56 Å². The average molecular weight is 757 g/mol. The Morgan fingerprint density at radius 3 is 1.49 bits per heavy atom. The highest BCUT2D eigenvalue weighted by molar-refractivity contribution is 6.16. The summed E-state index contributed by atoms with van der Waals surface area (Å²) in [4.78, 5) is 7.34. The quantitative estimate of drug-likeness (QED) is 0.155. The predicted octanol–water partition coefficient (Wildman–Crippen LogP) is 15.5. The Balaban J connectivity index is 1.08. The standard InChI is InChI=1S/C55H36N2O2/c1-5-15-37(16-6-1)38-25-29-43(30-26-38)57(45-33-34-46(39-17-7-2-8-18-39)48(35-45)40-19-9-3-10-20-40)44-31-27-41(28-32-44)52-53-49(47-23-13-14-24-51(47)58-53)36-50-54(52)59-55(56-50)42-21-11-4-12-22-42/h1-36H. The van der Waals surface area contributed by atoms with Gasteiger partial charge in [0.1, 0.15) is 16.7 Å². The van der Waals surface area contributed by atoms with Crippen molar-refractivity contribution in [2.75, 3.05) is 4.90 Å². The zero-order valence-electron chi connectivity index (χ0n) is 32.0. The lowest BCUT2D eigenvalue weighted by molar-refractivity contribution is 0.619. The molecular weight excluding hydrogens is 721 g/mol. The Kier molecular flexibility index (Phi) is 8.45. The van der Waals surface area contributed by atoms with Crippen molar-refractivity contribution in [1.29, 1.82) is 0 Å². The molecule has 278 valence electrons. The van der Waals surface area contributed by atoms with Crippen molar-refractivity contribution in [2.24, 2.45) is 0 Å². The summed E-state index contributed by atoms with van der Waals surface area (Å²) in [5, 5.41) is 2.05. The molecule has 11 rings (SSSR count). The summed E-state index contributed by atoms with van der Waals surface area (Å²) in [6, 6.07) is 76.4. The van der Waals surface area contributed by atoms with Crippen molar-refractivity contribution in [3.05, 3.63) is 218 Å². The van der Waals surface area contributed by atoms with Crippen LogP contribution in [0.1, 0.15) is 0 Å². The molecule has 0 saturated carbocycles. The van der Waals surface area contributed by atoms with E-state index in [1.807, 2.05) is 48.5 Å². The van der Waals surface area contributed by atoms with Crippen molar-refractivity contribution in [3.8, 4) is 56.0 Å². The molecule has 4 nitrogen and oxygen atoms in total. The van der Waals surface area contributed by atoms with Crippen molar-refractivity contribution >= 4 is 50.1 Å². The number of fused-ring (bicyclic) bond motifs is 4. The van der Waals surface area contributed by atoms with Crippen molar-refractivity contribution < 1.29 is 8.83 Å². The third kappa shape index (κ3) is 6.24. The van der Waals surface area contributed by atoms with Gasteiger partial charge in [0.2, 0.25) is 5.89 Å². The first kappa shape index (κ1) is 34.3. The first-order chi connectivity index (χ1) is 29.2. The maximum Gasteiger partial charge on any atom is 0.227 e. The molecule has 0 radical (unpaired) electrons. The summed E-state index contributed by atoms with van der Waals surface area (Å²) in [6.07, 6.45) is 0. The zero-order valence-corrected chi connectivity index (χ0v) is 32.0. The van der Waals surface area contributed by atoms with Gasteiger partial charge in [-0.3, -0.25) is 0 Å². The van der Waals surface area contributed by atoms with Gasteiger partial charge in [-0.15, -0.1) is 0 Å². The molecule has 0 bridgehead atoms. The number of aromatic nitrogens is 1. The second kappa shape index (κ2) is 14.5. The normalized spacial score (nSPS) is 11.4. The van der Waals surface area contributed by atoms with Crippen LogP contribution in [0.15, 0.2) is 227 Å². The van der Waals surface area contributed by atoms with Crippen LogP contribution < -0.4 is 4.90 Å². The Hall–Kier alpha value is -7.95. The molecule has 0 saturated heterocycles. The molecule has 0 unspecified atom stereocenters. The smallest absolute Gasteiger partial charge is 0.227 e. The molecule has 2 aromatic heterocycles. The third-order valence-electron chi connectivity index (χ3n) is 11.1. The molecule has 0 fully saturated rings. The Morgan fingerprint density at radius 1 is 0.339 bits per heavy atom. The van der Waals surface area contributed by atoms with Crippen LogP contribution in [-0.4, -0.2) is 4.98 Å². The van der Waals surface area contributed by atoms with E-state index in [1.165, 1.54) is 22.3 Å². The van der Waals surface area contributed by atoms with Gasteiger partial charge in [0, 0.05) is 33.4 Å². The van der Waals surface area contributed by atoms with E-state index >= 15 is 0 Å². The van der Waals surface area contributed by atoms with Gasteiger partial charge in [0.25, 0.3) is 0 Å². The van der Waals surface area contributed by atoms with Gasteiger partial charge in [-0.25, -0.2) is 4.98 Å². The molecule has 0 atom stereocenters. The van der Waals surface area contributed by atoms with Gasteiger partial charge >= 0.3 is 0 Å². The summed E-state index contributed by atoms with van der Waals surface area (Å²) in [5.74, 6) is 0.578. The molecule has 11 aromatic rings. The molecule has 9 aromatic carbocycles. The van der Waals surface area contributed by atoms with Crippen LogP contribution in [0.3, 0.4) is 0 Å². The summed E-state index contributed by atoms with van der Waals surface area (Å²) in [6.45, 7) is 0. The molecular formula is C55H36N2O2. The number of oxazole rings is 1. The molecule has 0 aliphatic carbocycles. The molecule has 2 heterocycles. The Morgan fingerprint density at radius 2 is 0.847 bits per heavy atom. The van der Waals surface area contributed by atoms with E-state index < -0.39 is 0 Å². The van der Waals surface area contributed by atoms with Crippen LogP contribution >= 0.6 is 0 Å². The molecule has 0 aliphatic rings. The minimum Gasteiger partial charge on any atom is -0.455 e. The van der Waals surface area contributed by atoms with Crippen molar-refractivity contribution in [1.82, 2.24) is 4.98 Å². The van der Waals surface area contributed by atoms with Gasteiger partial charge < -0.3 is 13.7 Å². The van der Waals surface area contributed by atoms with E-state index in [9.17, 15) is 0 Å². The Labute approximate surface area is 341 Å². The van der Waals surface area contributed by atoms with Gasteiger partial charge in [-0.05, 0) is 99.6 Å². The maximum atomic E-state index is 6.63. The lowest BCUT2D eigenvalue weighted by atomic mass is 9.93. The highest BCUT2D eigenvalue weighted by atomic mass is 16.4. The topological polar surface area (TPSA) is 42.4 Å². The fraction of sp³-hybridized carbons (Fsp3) is 0. The SMILES string of the molecule is c1ccc(-c2ccc(N(c3ccc(-c4c5oc(-c6ccccc6)nc5cc5c4oc4ccccc45)cc3)c3ccc(-c4ccccc4)c(-c4ccccc4)c3)cc2)cc1. The number of para-hydroxylation sites is 1. The van der Waals surface area contributed by atoms with Crippen LogP contribution in [0, 0.1) is 0 Å². The summed E-state index contributed by atoms with van der Waals surface area (Å²) < 4.78 is 13.3. The van der Waals surface area contributed by atoms with E-state index in [-0.39, 0.29) is 0 Å². The number of furan rings is 1. The summed E-state index contributed by atoms with van der Waals surface area (Å²) >= 11 is 0. The highest BCUT2D eigenvalue weighted by Crippen LogP contribution is 2.45. The molecule has 0 aliphatic heterocycles. The zero-order chi connectivity index (χ0) is 39.1. The van der Waals surface area contributed by atoms with E-state index in [0.717, 1.165) is 72.3 Å². The fourth-order valence-electron chi connectivity index (χ4n) is 8.26. The first-order valence-electron chi connectivity index (χ1n) is 19.9. The number of hydrogen-bond acceptors (Lipinski definition) is 4. The molecule has 0 N–H and O–H groups in total. The van der Waals surface area contributed by atoms with Crippen molar-refractivity contribution in [2.45, 2.75) is 0 Å². The number of hydrogen-bond donors (Lipinski definition) is 0. The average Bonchev–Trinajstić information content (AvgIpc) is 3.92. The number of anilines is 3. The first-order valence-corrected chi connectivity index (χ1v) is 19.9. The van der Waals surface area contributed by atoms with Crippen LogP contribution in [0.4, 0.5) is 17.1 Å². The van der Waals surface area contributed by atoms with Crippen molar-refractivity contribution in [3.63, 3.8) is 0 Å². The fourth-order valence-corrected chi connectivity index (χ4v) is 8.26. The summed E-state index contributed by atoms with van der Waals surface area (Å²) in [5.41, 5.74) is 16.0. The van der Waals surface area contributed by atoms with Gasteiger partial charge in [-0.1, -0.05) is 158 Å². The predicted molar refractivity (Wildman–Crippen MR) is 243 cm³/mol. The van der Waals surface area contributed by atoms with E-state index in [1.54, 1.807) is 0 Å². The van der Waals surface area contributed by atoms with Crippen LogP contribution in [-0.2, 0) is 0 Å². The Bertz CT molecular complexity index is 3230. The minimum absolute atomic E-state index is 0.578. The molecule has 0 amide bonds. The number of benzene rings is 9. The van der Waals surface area contributed by atoms with E-state index in [0.29, 0.717) is 11.5 Å². The monoisotopic (exact) mass is 756 g/mol. The second-order valence-electron chi connectivity index (χ2n) is 14.7. The van der Waals surface area contributed by atoms with E-state index in [4.69, 9.17) is 13.8 Å². The highest BCUT2D eigenvalue weighted by Gasteiger charge is 2.23. The number of nitrogens with zero attached hydrogens (tertiary/aromatic N) is 2. The van der Waals surface area contributed by atoms with Crippen LogP contribution in [0.25, 0.3) is 89.0 Å². The maximum absolute atomic E-state index is 6.63. The molecule has 0 spiro atoms. The van der Waals surface area contributed by atoms with Gasteiger partial charge in [-0.2, -0.15) is 0 Å². The summed E-state index contributed by atoms with van der Waals surface area (Å²) in [7, 11) is 0. The molecule has 59 heavy (non-hydrogen) atoms. The lowest BCUT2D eigenvalue weighted by Gasteiger charge is -2.27. The van der Waals surface area contributed by atoms with Crippen LogP contribution in [0.2, 0.25) is 0 Å². The molecule has 4 heteroatoms. The minimum atomic E-state index is 0.578. The second-order valence-corrected chi connectivity index (χ2v) is 14.7. The van der Waals surface area contributed by atoms with Crippen LogP contribution in [0.5, 0.6) is 0 Å².